The Morgan fingerprint density at radius 2 is 2.14 bits per heavy atom. The van der Waals surface area contributed by atoms with Crippen molar-refractivity contribution in [2.24, 2.45) is 5.92 Å². The van der Waals surface area contributed by atoms with Crippen molar-refractivity contribution in [3.8, 4) is 0 Å². The fourth-order valence-electron chi connectivity index (χ4n) is 2.54. The van der Waals surface area contributed by atoms with Crippen LogP contribution in [0.25, 0.3) is 0 Å². The summed E-state index contributed by atoms with van der Waals surface area (Å²) < 4.78 is 13.7. The van der Waals surface area contributed by atoms with Crippen LogP contribution in [0.3, 0.4) is 0 Å². The van der Waals surface area contributed by atoms with Crippen molar-refractivity contribution in [1.29, 1.82) is 0 Å². The summed E-state index contributed by atoms with van der Waals surface area (Å²) in [7, 11) is 0. The van der Waals surface area contributed by atoms with Crippen LogP contribution < -0.4 is 5.32 Å². The van der Waals surface area contributed by atoms with Gasteiger partial charge in [-0.2, -0.15) is 0 Å². The highest BCUT2D eigenvalue weighted by atomic mass is 19.1. The lowest BCUT2D eigenvalue weighted by atomic mass is 9.98. The lowest BCUT2D eigenvalue weighted by molar-refractivity contribution is -0.143. The summed E-state index contributed by atoms with van der Waals surface area (Å²) in [6.45, 7) is 2.43. The van der Waals surface area contributed by atoms with Gasteiger partial charge < -0.3 is 15.3 Å². The van der Waals surface area contributed by atoms with Crippen LogP contribution in [-0.2, 0) is 4.79 Å². The Kier molecular flexibility index (Phi) is 4.77. The van der Waals surface area contributed by atoms with Crippen LogP contribution in [0.1, 0.15) is 31.4 Å². The first-order valence-electron chi connectivity index (χ1n) is 7.01. The molecule has 1 aliphatic heterocycles. The zero-order valence-corrected chi connectivity index (χ0v) is 11.9. The van der Waals surface area contributed by atoms with Gasteiger partial charge in [-0.05, 0) is 25.8 Å². The number of carbonyl (C=O) groups is 2. The molecule has 1 aromatic carbocycles. The van der Waals surface area contributed by atoms with Gasteiger partial charge in [-0.3, -0.25) is 4.79 Å². The van der Waals surface area contributed by atoms with E-state index in [1.165, 1.54) is 11.0 Å². The highest BCUT2D eigenvalue weighted by Gasteiger charge is 2.28. The number of amides is 2. The van der Waals surface area contributed by atoms with E-state index in [2.05, 4.69) is 5.32 Å². The highest BCUT2D eigenvalue weighted by Crippen LogP contribution is 2.19. The fourth-order valence-corrected chi connectivity index (χ4v) is 2.54. The Labute approximate surface area is 122 Å². The fraction of sp³-hybridized carbons (Fsp3) is 0.467. The van der Waals surface area contributed by atoms with Crippen LogP contribution in [0.4, 0.5) is 9.18 Å². The standard InChI is InChI=1S/C15H19FN2O3/c1-10(12-6-2-3-7-13(12)16)17-15(21)18-8-4-5-11(9-18)14(19)20/h2-3,6-7,10-11H,4-5,8-9H2,1H3,(H,17,21)(H,19,20)/t10?,11-/m1/s1. The van der Waals surface area contributed by atoms with E-state index in [0.717, 1.165) is 0 Å². The maximum Gasteiger partial charge on any atom is 0.317 e. The van der Waals surface area contributed by atoms with Crippen molar-refractivity contribution in [3.63, 3.8) is 0 Å². The zero-order chi connectivity index (χ0) is 15.4. The second kappa shape index (κ2) is 6.56. The van der Waals surface area contributed by atoms with Gasteiger partial charge in [0.1, 0.15) is 5.82 Å². The molecule has 1 heterocycles. The number of hydrogen-bond donors (Lipinski definition) is 2. The molecule has 0 spiro atoms. The number of halogens is 1. The number of carboxylic acids is 1. The van der Waals surface area contributed by atoms with Gasteiger partial charge in [-0.15, -0.1) is 0 Å². The van der Waals surface area contributed by atoms with Crippen LogP contribution in [0.5, 0.6) is 0 Å². The van der Waals surface area contributed by atoms with Crippen LogP contribution in [-0.4, -0.2) is 35.1 Å². The average molecular weight is 294 g/mol. The minimum absolute atomic E-state index is 0.200. The highest BCUT2D eigenvalue weighted by molar-refractivity contribution is 5.77. The maximum atomic E-state index is 13.7. The Bertz CT molecular complexity index is 535. The number of aliphatic carboxylic acids is 1. The first-order chi connectivity index (χ1) is 9.99. The van der Waals surface area contributed by atoms with Crippen molar-refractivity contribution in [2.45, 2.75) is 25.8 Å². The number of nitrogens with zero attached hydrogens (tertiary/aromatic N) is 1. The molecule has 1 aromatic rings. The van der Waals surface area contributed by atoms with Gasteiger partial charge in [0.05, 0.1) is 12.0 Å². The summed E-state index contributed by atoms with van der Waals surface area (Å²) in [4.78, 5) is 24.6. The van der Waals surface area contributed by atoms with E-state index in [9.17, 15) is 14.0 Å². The van der Waals surface area contributed by atoms with E-state index < -0.39 is 17.9 Å². The Balaban J connectivity index is 1.98. The molecule has 1 saturated heterocycles. The van der Waals surface area contributed by atoms with Gasteiger partial charge in [0.25, 0.3) is 0 Å². The number of carbonyl (C=O) groups excluding carboxylic acids is 1. The quantitative estimate of drug-likeness (QED) is 0.899. The normalized spacial score (nSPS) is 19.9. The monoisotopic (exact) mass is 294 g/mol. The predicted octanol–water partition coefficient (Wildman–Crippen LogP) is 2.39. The first-order valence-corrected chi connectivity index (χ1v) is 7.01. The van der Waals surface area contributed by atoms with Gasteiger partial charge in [0.15, 0.2) is 0 Å². The number of likely N-dealkylation sites (tertiary alicyclic amines) is 1. The maximum absolute atomic E-state index is 13.7. The van der Waals surface area contributed by atoms with Crippen molar-refractivity contribution < 1.29 is 19.1 Å². The molecule has 21 heavy (non-hydrogen) atoms. The summed E-state index contributed by atoms with van der Waals surface area (Å²) in [5.41, 5.74) is 0.414. The molecule has 0 bridgehead atoms. The van der Waals surface area contributed by atoms with Gasteiger partial charge >= 0.3 is 12.0 Å². The van der Waals surface area contributed by atoms with E-state index in [4.69, 9.17) is 5.11 Å². The molecule has 2 amide bonds. The Hall–Kier alpha value is -2.11. The zero-order valence-electron chi connectivity index (χ0n) is 11.9. The largest absolute Gasteiger partial charge is 0.481 e. The van der Waals surface area contributed by atoms with Gasteiger partial charge in [-0.1, -0.05) is 18.2 Å². The molecule has 0 aromatic heterocycles. The lowest BCUT2D eigenvalue weighted by Crippen LogP contribution is -2.47. The van der Waals surface area contributed by atoms with Crippen LogP contribution in [0, 0.1) is 11.7 Å². The molecule has 2 atom stereocenters. The van der Waals surface area contributed by atoms with Crippen LogP contribution in [0.2, 0.25) is 0 Å². The molecule has 2 N–H and O–H groups in total. The van der Waals surface area contributed by atoms with E-state index in [1.807, 2.05) is 0 Å². The number of rotatable bonds is 3. The molecule has 5 nitrogen and oxygen atoms in total. The van der Waals surface area contributed by atoms with Crippen molar-refractivity contribution in [1.82, 2.24) is 10.2 Å². The van der Waals surface area contributed by atoms with Crippen molar-refractivity contribution >= 4 is 12.0 Å². The summed E-state index contributed by atoms with van der Waals surface area (Å²) in [6.07, 6.45) is 1.25. The summed E-state index contributed by atoms with van der Waals surface area (Å²) in [6, 6.07) is 5.45. The third-order valence-electron chi connectivity index (χ3n) is 3.77. The van der Waals surface area contributed by atoms with Gasteiger partial charge in [-0.25, -0.2) is 9.18 Å². The molecule has 1 fully saturated rings. The van der Waals surface area contributed by atoms with Crippen LogP contribution in [0.15, 0.2) is 24.3 Å². The molecule has 0 saturated carbocycles. The number of benzene rings is 1. The first kappa shape index (κ1) is 15.3. The van der Waals surface area contributed by atoms with E-state index >= 15 is 0 Å². The number of carboxylic acid groups (broad SMARTS) is 1. The molecule has 6 heteroatoms. The number of nitrogens with one attached hydrogen (secondary N) is 1. The second-order valence-corrected chi connectivity index (χ2v) is 5.32. The van der Waals surface area contributed by atoms with Crippen LogP contribution >= 0.6 is 0 Å². The van der Waals surface area contributed by atoms with Crippen molar-refractivity contribution in [2.75, 3.05) is 13.1 Å². The molecule has 1 aliphatic rings. The topological polar surface area (TPSA) is 69.6 Å². The van der Waals surface area contributed by atoms with Gasteiger partial charge in [0.2, 0.25) is 0 Å². The number of hydrogen-bond acceptors (Lipinski definition) is 2. The molecule has 0 aliphatic carbocycles. The minimum atomic E-state index is -0.880. The summed E-state index contributed by atoms with van der Waals surface area (Å²) >= 11 is 0. The molecular formula is C15H19FN2O3. The average Bonchev–Trinajstić information content (AvgIpc) is 2.47. The third-order valence-corrected chi connectivity index (χ3v) is 3.77. The molecular weight excluding hydrogens is 275 g/mol. The Morgan fingerprint density at radius 1 is 1.43 bits per heavy atom. The summed E-state index contributed by atoms with van der Waals surface area (Å²) in [5.74, 6) is -1.77. The molecule has 0 radical (unpaired) electrons. The number of urea groups is 1. The lowest BCUT2D eigenvalue weighted by Gasteiger charge is -2.31. The molecule has 2 rings (SSSR count). The second-order valence-electron chi connectivity index (χ2n) is 5.32. The van der Waals surface area contributed by atoms with E-state index in [-0.39, 0.29) is 18.4 Å². The predicted molar refractivity (Wildman–Crippen MR) is 75.3 cm³/mol. The van der Waals surface area contributed by atoms with Crippen molar-refractivity contribution in [3.05, 3.63) is 35.6 Å². The smallest absolute Gasteiger partial charge is 0.317 e. The molecule has 1 unspecified atom stereocenters. The van der Waals surface area contributed by atoms with E-state index in [1.54, 1.807) is 25.1 Å². The third kappa shape index (κ3) is 3.71. The van der Waals surface area contributed by atoms with Gasteiger partial charge in [0, 0.05) is 18.7 Å². The number of piperidine rings is 1. The summed E-state index contributed by atoms with van der Waals surface area (Å²) in [5, 5.41) is 11.7. The molecule has 114 valence electrons. The van der Waals surface area contributed by atoms with E-state index in [0.29, 0.717) is 24.9 Å². The Morgan fingerprint density at radius 3 is 2.81 bits per heavy atom. The SMILES string of the molecule is CC(NC(=O)N1CCC[C@@H](C(=O)O)C1)c1ccccc1F. The minimum Gasteiger partial charge on any atom is -0.481 e.